The van der Waals surface area contributed by atoms with Gasteiger partial charge in [0.1, 0.15) is 0 Å². The minimum absolute atomic E-state index is 1.23. The third-order valence-electron chi connectivity index (χ3n) is 6.85. The summed E-state index contributed by atoms with van der Waals surface area (Å²) in [6.45, 7) is 4.58. The first kappa shape index (κ1) is 23.8. The van der Waals surface area contributed by atoms with Crippen molar-refractivity contribution < 1.29 is 0 Å². The van der Waals surface area contributed by atoms with Gasteiger partial charge in [-0.05, 0) is 48.9 Å². The van der Waals surface area contributed by atoms with Crippen LogP contribution in [-0.4, -0.2) is 0 Å². The van der Waals surface area contributed by atoms with Gasteiger partial charge in [-0.25, -0.2) is 0 Å². The second kappa shape index (κ2) is 12.2. The van der Waals surface area contributed by atoms with E-state index in [4.69, 9.17) is 0 Å². The normalized spacial score (nSPS) is 11.9. The Bertz CT molecular complexity index is 1020. The van der Waals surface area contributed by atoms with Crippen molar-refractivity contribution in [3.05, 3.63) is 47.5 Å². The molecule has 0 radical (unpaired) electrons. The average molecular weight is 465 g/mol. The van der Waals surface area contributed by atoms with E-state index in [2.05, 4.69) is 50.2 Å². The molecule has 2 aromatic carbocycles. The summed E-state index contributed by atoms with van der Waals surface area (Å²) in [5.41, 5.74) is 3.04. The first-order valence-corrected chi connectivity index (χ1v) is 14.8. The number of benzene rings is 2. The smallest absolute Gasteiger partial charge is 0.0542 e. The summed E-state index contributed by atoms with van der Waals surface area (Å²) in [5.74, 6) is 0. The molecule has 0 saturated carbocycles. The molecule has 32 heavy (non-hydrogen) atoms. The summed E-state index contributed by atoms with van der Waals surface area (Å²) in [7, 11) is 0. The van der Waals surface area contributed by atoms with Gasteiger partial charge in [-0.15, -0.1) is 22.7 Å². The van der Waals surface area contributed by atoms with E-state index >= 15 is 0 Å². The highest BCUT2D eigenvalue weighted by atomic mass is 32.1. The largest absolute Gasteiger partial charge is 0.134 e. The number of unbranched alkanes of at least 4 members (excludes halogenated alkanes) is 10. The predicted molar refractivity (Wildman–Crippen MR) is 149 cm³/mol. The highest BCUT2D eigenvalue weighted by molar-refractivity contribution is 7.36. The Hall–Kier alpha value is -1.38. The van der Waals surface area contributed by atoms with Gasteiger partial charge in [0.05, 0.1) is 9.40 Å². The molecule has 0 N–H and O–H groups in total. The van der Waals surface area contributed by atoms with Gasteiger partial charge in [0.15, 0.2) is 0 Å². The monoisotopic (exact) mass is 464 g/mol. The molecule has 4 aromatic rings. The molecule has 0 atom stereocenters. The molecule has 0 amide bonds. The topological polar surface area (TPSA) is 0 Å². The molecule has 0 fully saturated rings. The quantitative estimate of drug-likeness (QED) is 0.163. The summed E-state index contributed by atoms with van der Waals surface area (Å²) in [6.07, 6.45) is 19.0. The van der Waals surface area contributed by atoms with Crippen LogP contribution in [0.2, 0.25) is 0 Å². The highest BCUT2D eigenvalue weighted by Gasteiger charge is 2.13. The SMILES string of the molecule is CCCCCCCCc1ccc2c(c1)sc1c3ccc(CCCCCCCC)cc3sc21. The second-order valence-electron chi connectivity index (χ2n) is 9.56. The zero-order valence-corrected chi connectivity index (χ0v) is 21.8. The maximum atomic E-state index is 2.47. The molecule has 0 aliphatic heterocycles. The van der Waals surface area contributed by atoms with E-state index in [1.807, 2.05) is 22.7 Å². The Morgan fingerprint density at radius 1 is 0.500 bits per heavy atom. The van der Waals surface area contributed by atoms with Crippen molar-refractivity contribution in [1.29, 1.82) is 0 Å². The fourth-order valence-corrected chi connectivity index (χ4v) is 7.66. The lowest BCUT2D eigenvalue weighted by Crippen LogP contribution is -1.86. The zero-order valence-electron chi connectivity index (χ0n) is 20.2. The minimum Gasteiger partial charge on any atom is -0.134 e. The van der Waals surface area contributed by atoms with Crippen LogP contribution in [-0.2, 0) is 12.8 Å². The van der Waals surface area contributed by atoms with Crippen molar-refractivity contribution in [2.45, 2.75) is 104 Å². The van der Waals surface area contributed by atoms with Crippen LogP contribution in [0.1, 0.15) is 102 Å². The van der Waals surface area contributed by atoms with Gasteiger partial charge in [0.25, 0.3) is 0 Å². The third-order valence-corrected chi connectivity index (χ3v) is 9.35. The summed E-state index contributed by atoms with van der Waals surface area (Å²) < 4.78 is 5.96. The van der Waals surface area contributed by atoms with Crippen molar-refractivity contribution in [2.75, 3.05) is 0 Å². The maximum absolute atomic E-state index is 2.47. The maximum Gasteiger partial charge on any atom is 0.0542 e. The zero-order chi connectivity index (χ0) is 22.2. The van der Waals surface area contributed by atoms with Gasteiger partial charge in [-0.2, -0.15) is 0 Å². The third kappa shape index (κ3) is 5.94. The van der Waals surface area contributed by atoms with E-state index in [0.29, 0.717) is 0 Å². The van der Waals surface area contributed by atoms with Gasteiger partial charge in [0, 0.05) is 20.2 Å². The van der Waals surface area contributed by atoms with Gasteiger partial charge < -0.3 is 0 Å². The van der Waals surface area contributed by atoms with Crippen LogP contribution in [0.15, 0.2) is 36.4 Å². The van der Waals surface area contributed by atoms with E-state index in [-0.39, 0.29) is 0 Å². The van der Waals surface area contributed by atoms with E-state index in [1.54, 1.807) is 0 Å². The lowest BCUT2D eigenvalue weighted by atomic mass is 10.0. The van der Waals surface area contributed by atoms with Crippen LogP contribution in [0, 0.1) is 0 Å². The van der Waals surface area contributed by atoms with Crippen molar-refractivity contribution in [2.24, 2.45) is 0 Å². The molecular formula is C30H40S2. The highest BCUT2D eigenvalue weighted by Crippen LogP contribution is 2.44. The van der Waals surface area contributed by atoms with Gasteiger partial charge in [-0.1, -0.05) is 102 Å². The number of rotatable bonds is 14. The minimum atomic E-state index is 1.23. The first-order chi connectivity index (χ1) is 15.8. The molecule has 4 rings (SSSR count). The number of aryl methyl sites for hydroxylation is 2. The van der Waals surface area contributed by atoms with Crippen LogP contribution in [0.3, 0.4) is 0 Å². The molecule has 0 saturated heterocycles. The molecule has 0 spiro atoms. The molecule has 0 nitrogen and oxygen atoms in total. The Balaban J connectivity index is 1.40. The summed E-state index contributed by atoms with van der Waals surface area (Å²) in [4.78, 5) is 0. The van der Waals surface area contributed by atoms with Crippen molar-refractivity contribution in [1.82, 2.24) is 0 Å². The summed E-state index contributed by atoms with van der Waals surface area (Å²) in [6, 6.07) is 14.5. The van der Waals surface area contributed by atoms with Crippen molar-refractivity contribution in [3.63, 3.8) is 0 Å². The Labute approximate surface area is 203 Å². The molecule has 0 bridgehead atoms. The lowest BCUT2D eigenvalue weighted by molar-refractivity contribution is 0.607. The number of thiophene rings is 2. The molecule has 0 aliphatic rings. The number of hydrogen-bond acceptors (Lipinski definition) is 2. The van der Waals surface area contributed by atoms with Crippen LogP contribution in [0.4, 0.5) is 0 Å². The second-order valence-corrected chi connectivity index (χ2v) is 11.7. The van der Waals surface area contributed by atoms with E-state index in [9.17, 15) is 0 Å². The van der Waals surface area contributed by atoms with Crippen LogP contribution in [0.25, 0.3) is 29.6 Å². The predicted octanol–water partition coefficient (Wildman–Crippen LogP) is 11.1. The van der Waals surface area contributed by atoms with E-state index in [1.165, 1.54) is 131 Å². The van der Waals surface area contributed by atoms with Crippen LogP contribution >= 0.6 is 22.7 Å². The first-order valence-electron chi connectivity index (χ1n) is 13.2. The fourth-order valence-electron chi connectivity index (χ4n) is 4.87. The van der Waals surface area contributed by atoms with Crippen molar-refractivity contribution >= 4 is 52.2 Å². The van der Waals surface area contributed by atoms with Crippen LogP contribution < -0.4 is 0 Å². The fraction of sp³-hybridized carbons (Fsp3) is 0.533. The Kier molecular flexibility index (Phi) is 9.05. The molecule has 0 aliphatic carbocycles. The van der Waals surface area contributed by atoms with Crippen molar-refractivity contribution in [3.8, 4) is 0 Å². The Morgan fingerprint density at radius 2 is 0.906 bits per heavy atom. The van der Waals surface area contributed by atoms with Gasteiger partial charge in [0.2, 0.25) is 0 Å². The van der Waals surface area contributed by atoms with Gasteiger partial charge >= 0.3 is 0 Å². The van der Waals surface area contributed by atoms with Gasteiger partial charge in [-0.3, -0.25) is 0 Å². The standard InChI is InChI=1S/C30H40S2/c1-3-5-7-9-11-13-15-23-17-19-25-27(21-23)31-30-26-20-18-24(22-28(26)32-29(25)30)16-14-12-10-8-6-4-2/h17-22H,3-16H2,1-2H3. The molecule has 0 unspecified atom stereocenters. The molecular weight excluding hydrogens is 424 g/mol. The molecule has 2 heterocycles. The van der Waals surface area contributed by atoms with Crippen LogP contribution in [0.5, 0.6) is 0 Å². The molecule has 172 valence electrons. The Morgan fingerprint density at radius 3 is 1.34 bits per heavy atom. The number of hydrogen-bond donors (Lipinski definition) is 0. The lowest BCUT2D eigenvalue weighted by Gasteiger charge is -2.03. The summed E-state index contributed by atoms with van der Waals surface area (Å²) in [5, 5.41) is 2.94. The molecule has 2 heteroatoms. The average Bonchev–Trinajstić information content (AvgIpc) is 3.33. The van der Waals surface area contributed by atoms with E-state index < -0.39 is 0 Å². The number of fused-ring (bicyclic) bond motifs is 5. The molecule has 2 aromatic heterocycles. The summed E-state index contributed by atoms with van der Waals surface area (Å²) >= 11 is 4.02. The van der Waals surface area contributed by atoms with E-state index in [0.717, 1.165) is 0 Å².